The van der Waals surface area contributed by atoms with Gasteiger partial charge in [-0.2, -0.15) is 0 Å². The quantitative estimate of drug-likeness (QED) is 0.738. The van der Waals surface area contributed by atoms with Crippen LogP contribution in [0, 0.1) is 5.82 Å². The van der Waals surface area contributed by atoms with Crippen molar-refractivity contribution in [1.29, 1.82) is 0 Å². The molecule has 4 heterocycles. The molecule has 0 atom stereocenters. The number of urea groups is 1. The molecular formula is C21H20FN5O2. The van der Waals surface area contributed by atoms with Gasteiger partial charge in [-0.3, -0.25) is 4.40 Å². The molecule has 8 heteroatoms. The molecule has 1 fully saturated rings. The third kappa shape index (κ3) is 3.47. The lowest BCUT2D eigenvalue weighted by molar-refractivity contribution is 0.161. The lowest BCUT2D eigenvalue weighted by Gasteiger charge is -2.30. The van der Waals surface area contributed by atoms with Crippen LogP contribution in [0.1, 0.15) is 18.4 Å². The van der Waals surface area contributed by atoms with Gasteiger partial charge in [0.1, 0.15) is 5.82 Å². The SMILES string of the molecule is O=C(Nc1ccc(F)c(-c2cn3cc(C4=CCOCC4)cnc3n2)c1)N1CCC1. The molecule has 7 nitrogen and oxygen atoms in total. The molecule has 2 aliphatic rings. The standard InChI is InChI=1S/C21H20FN5O2/c22-18-3-2-16(24-21(28)26-6-1-7-26)10-17(18)19-13-27-12-15(11-23-20(27)25-19)14-4-8-29-9-5-14/h2-4,10-13H,1,5-9H2,(H,24,28). The van der Waals surface area contributed by atoms with Crippen molar-refractivity contribution in [2.24, 2.45) is 0 Å². The topological polar surface area (TPSA) is 71.8 Å². The fourth-order valence-corrected chi connectivity index (χ4v) is 3.49. The predicted molar refractivity (Wildman–Crippen MR) is 107 cm³/mol. The highest BCUT2D eigenvalue weighted by atomic mass is 19.1. The fourth-order valence-electron chi connectivity index (χ4n) is 3.49. The molecule has 148 valence electrons. The van der Waals surface area contributed by atoms with E-state index in [1.54, 1.807) is 33.8 Å². The number of aromatic nitrogens is 3. The number of likely N-dealkylation sites (tertiary alicyclic amines) is 1. The van der Waals surface area contributed by atoms with E-state index in [1.807, 2.05) is 12.3 Å². The molecule has 0 spiro atoms. The van der Waals surface area contributed by atoms with Crippen molar-refractivity contribution >= 4 is 23.1 Å². The highest BCUT2D eigenvalue weighted by Crippen LogP contribution is 2.27. The highest BCUT2D eigenvalue weighted by Gasteiger charge is 2.20. The van der Waals surface area contributed by atoms with E-state index in [1.165, 1.54) is 11.6 Å². The number of nitrogens with zero attached hydrogens (tertiary/aromatic N) is 4. The van der Waals surface area contributed by atoms with E-state index in [9.17, 15) is 9.18 Å². The molecule has 2 aromatic heterocycles. The van der Waals surface area contributed by atoms with Crippen LogP contribution in [-0.2, 0) is 4.74 Å². The number of ether oxygens (including phenoxy) is 1. The van der Waals surface area contributed by atoms with Crippen molar-refractivity contribution in [2.45, 2.75) is 12.8 Å². The van der Waals surface area contributed by atoms with Gasteiger partial charge in [0.05, 0.1) is 18.9 Å². The van der Waals surface area contributed by atoms with Crippen LogP contribution in [0.15, 0.2) is 42.9 Å². The maximum absolute atomic E-state index is 14.5. The Kier molecular flexibility index (Phi) is 4.48. The number of anilines is 1. The van der Waals surface area contributed by atoms with Gasteiger partial charge in [0, 0.05) is 48.5 Å². The van der Waals surface area contributed by atoms with Gasteiger partial charge in [-0.15, -0.1) is 0 Å². The molecule has 0 aliphatic carbocycles. The number of nitrogens with one attached hydrogen (secondary N) is 1. The molecule has 1 aromatic carbocycles. The normalized spacial score (nSPS) is 16.4. The Labute approximate surface area is 166 Å². The largest absolute Gasteiger partial charge is 0.377 e. The summed E-state index contributed by atoms with van der Waals surface area (Å²) >= 11 is 0. The third-order valence-electron chi connectivity index (χ3n) is 5.28. The van der Waals surface area contributed by atoms with Crippen molar-refractivity contribution in [3.05, 3.63) is 54.2 Å². The van der Waals surface area contributed by atoms with Crippen LogP contribution < -0.4 is 5.32 Å². The summed E-state index contributed by atoms with van der Waals surface area (Å²) in [5, 5.41) is 2.82. The van der Waals surface area contributed by atoms with Gasteiger partial charge in [0.25, 0.3) is 0 Å². The molecule has 0 bridgehead atoms. The number of halogens is 1. The zero-order chi connectivity index (χ0) is 19.8. The molecule has 29 heavy (non-hydrogen) atoms. The van der Waals surface area contributed by atoms with Crippen molar-refractivity contribution in [3.8, 4) is 11.3 Å². The van der Waals surface area contributed by atoms with E-state index in [0.717, 1.165) is 31.5 Å². The van der Waals surface area contributed by atoms with Gasteiger partial charge in [-0.05, 0) is 36.6 Å². The summed E-state index contributed by atoms with van der Waals surface area (Å²) in [5.41, 5.74) is 3.51. The summed E-state index contributed by atoms with van der Waals surface area (Å²) < 4.78 is 21.7. The van der Waals surface area contributed by atoms with Crippen LogP contribution >= 0.6 is 0 Å². The van der Waals surface area contributed by atoms with Crippen LogP contribution in [0.25, 0.3) is 22.6 Å². The number of hydrogen-bond donors (Lipinski definition) is 1. The fraction of sp³-hybridized carbons (Fsp3) is 0.286. The number of fused-ring (bicyclic) bond motifs is 1. The Bertz CT molecular complexity index is 1120. The smallest absolute Gasteiger partial charge is 0.321 e. The molecule has 5 rings (SSSR count). The maximum atomic E-state index is 14.5. The second-order valence-corrected chi connectivity index (χ2v) is 7.20. The van der Waals surface area contributed by atoms with E-state index in [4.69, 9.17) is 4.74 Å². The van der Waals surface area contributed by atoms with E-state index >= 15 is 0 Å². The average molecular weight is 393 g/mol. The zero-order valence-corrected chi connectivity index (χ0v) is 15.8. The molecule has 0 radical (unpaired) electrons. The summed E-state index contributed by atoms with van der Waals surface area (Å²) in [6, 6.07) is 4.34. The Hall–Kier alpha value is -3.26. The first kappa shape index (κ1) is 17.8. The van der Waals surface area contributed by atoms with E-state index < -0.39 is 5.82 Å². The number of amides is 2. The molecule has 2 amide bonds. The van der Waals surface area contributed by atoms with Gasteiger partial charge in [0.2, 0.25) is 5.78 Å². The molecule has 3 aromatic rings. The molecule has 0 saturated carbocycles. The Morgan fingerprint density at radius 2 is 2.14 bits per heavy atom. The number of imidazole rings is 1. The number of carbonyl (C=O) groups excluding carboxylic acids is 1. The van der Waals surface area contributed by atoms with Crippen molar-refractivity contribution < 1.29 is 13.9 Å². The summed E-state index contributed by atoms with van der Waals surface area (Å²) in [6.07, 6.45) is 9.39. The van der Waals surface area contributed by atoms with Crippen molar-refractivity contribution in [2.75, 3.05) is 31.6 Å². The third-order valence-corrected chi connectivity index (χ3v) is 5.28. The van der Waals surface area contributed by atoms with Crippen LogP contribution in [0.3, 0.4) is 0 Å². The second kappa shape index (κ2) is 7.29. The van der Waals surface area contributed by atoms with Crippen LogP contribution in [0.4, 0.5) is 14.9 Å². The first-order valence-electron chi connectivity index (χ1n) is 9.65. The summed E-state index contributed by atoms with van der Waals surface area (Å²) in [6.45, 7) is 2.80. The van der Waals surface area contributed by atoms with E-state index in [0.29, 0.717) is 35.9 Å². The monoisotopic (exact) mass is 393 g/mol. The van der Waals surface area contributed by atoms with Crippen LogP contribution in [0.2, 0.25) is 0 Å². The summed E-state index contributed by atoms with van der Waals surface area (Å²) in [4.78, 5) is 22.7. The minimum Gasteiger partial charge on any atom is -0.377 e. The minimum absolute atomic E-state index is 0.167. The highest BCUT2D eigenvalue weighted by molar-refractivity contribution is 5.90. The van der Waals surface area contributed by atoms with Crippen molar-refractivity contribution in [3.63, 3.8) is 0 Å². The van der Waals surface area contributed by atoms with Gasteiger partial charge < -0.3 is 15.0 Å². The summed E-state index contributed by atoms with van der Waals surface area (Å²) in [5.74, 6) is 0.0912. The number of hydrogen-bond acceptors (Lipinski definition) is 4. The second-order valence-electron chi connectivity index (χ2n) is 7.20. The summed E-state index contributed by atoms with van der Waals surface area (Å²) in [7, 11) is 0. The Balaban J connectivity index is 1.45. The van der Waals surface area contributed by atoms with Crippen LogP contribution in [-0.4, -0.2) is 51.6 Å². The molecule has 0 unspecified atom stereocenters. The molecule has 1 saturated heterocycles. The zero-order valence-electron chi connectivity index (χ0n) is 15.8. The van der Waals surface area contributed by atoms with E-state index in [2.05, 4.69) is 15.3 Å². The van der Waals surface area contributed by atoms with Crippen molar-refractivity contribution in [1.82, 2.24) is 19.3 Å². The molecule has 2 aliphatic heterocycles. The maximum Gasteiger partial charge on any atom is 0.321 e. The van der Waals surface area contributed by atoms with Crippen LogP contribution in [0.5, 0.6) is 0 Å². The van der Waals surface area contributed by atoms with Gasteiger partial charge >= 0.3 is 6.03 Å². The van der Waals surface area contributed by atoms with E-state index in [-0.39, 0.29) is 6.03 Å². The average Bonchev–Trinajstić information content (AvgIpc) is 3.12. The van der Waals surface area contributed by atoms with Gasteiger partial charge in [0.15, 0.2) is 0 Å². The number of benzene rings is 1. The minimum atomic E-state index is -0.400. The first-order chi connectivity index (χ1) is 14.2. The Morgan fingerprint density at radius 1 is 1.24 bits per heavy atom. The first-order valence-corrected chi connectivity index (χ1v) is 9.65. The number of rotatable bonds is 3. The lowest BCUT2D eigenvalue weighted by atomic mass is 10.1. The Morgan fingerprint density at radius 3 is 2.90 bits per heavy atom. The molecular weight excluding hydrogens is 373 g/mol. The predicted octanol–water partition coefficient (Wildman–Crippen LogP) is 3.58. The lowest BCUT2D eigenvalue weighted by Crippen LogP contribution is -2.44. The van der Waals surface area contributed by atoms with Gasteiger partial charge in [-0.1, -0.05) is 6.08 Å². The van der Waals surface area contributed by atoms with Gasteiger partial charge in [-0.25, -0.2) is 19.2 Å². The molecule has 1 N–H and O–H groups in total. The number of carbonyl (C=O) groups is 1.